The molecule has 0 radical (unpaired) electrons. The fourth-order valence-electron chi connectivity index (χ4n) is 3.82. The number of hydrogen-bond acceptors (Lipinski definition) is 4. The van der Waals surface area contributed by atoms with Crippen molar-refractivity contribution < 1.29 is 9.21 Å². The number of fused-ring (bicyclic) bond motifs is 1. The van der Waals surface area contributed by atoms with Crippen LogP contribution in [0.5, 0.6) is 0 Å². The number of anilines is 1. The highest BCUT2D eigenvalue weighted by molar-refractivity contribution is 6.30. The molecule has 30 heavy (non-hydrogen) atoms. The Morgan fingerprint density at radius 3 is 2.60 bits per heavy atom. The van der Waals surface area contributed by atoms with Crippen LogP contribution in [0.4, 0.5) is 5.69 Å². The molecular weight excluding hydrogens is 400 g/mol. The highest BCUT2D eigenvalue weighted by atomic mass is 35.5. The molecule has 7 heteroatoms. The van der Waals surface area contributed by atoms with Crippen LogP contribution in [0.25, 0.3) is 5.69 Å². The minimum Gasteiger partial charge on any atom is -0.467 e. The summed E-state index contributed by atoms with van der Waals surface area (Å²) >= 11 is 6.82. The first kappa shape index (κ1) is 18.5. The Labute approximate surface area is 178 Å². The van der Waals surface area contributed by atoms with Crippen molar-refractivity contribution in [2.24, 2.45) is 0 Å². The summed E-state index contributed by atoms with van der Waals surface area (Å²) in [6, 6.07) is 20.8. The van der Waals surface area contributed by atoms with Crippen LogP contribution in [0.3, 0.4) is 0 Å². The maximum absolute atomic E-state index is 13.4. The number of aromatic nitrogens is 2. The first-order chi connectivity index (χ1) is 14.6. The lowest BCUT2D eigenvalue weighted by Gasteiger charge is -2.37. The van der Waals surface area contributed by atoms with Crippen molar-refractivity contribution in [3.63, 3.8) is 0 Å². The molecule has 1 aliphatic heterocycles. The van der Waals surface area contributed by atoms with Gasteiger partial charge in [0.05, 0.1) is 35.3 Å². The van der Waals surface area contributed by atoms with E-state index in [2.05, 4.69) is 10.4 Å². The van der Waals surface area contributed by atoms with Crippen molar-refractivity contribution in [2.75, 3.05) is 5.32 Å². The van der Waals surface area contributed by atoms with Gasteiger partial charge in [-0.05, 0) is 43.3 Å². The van der Waals surface area contributed by atoms with E-state index in [9.17, 15) is 4.79 Å². The van der Waals surface area contributed by atoms with Crippen LogP contribution < -0.4 is 5.32 Å². The van der Waals surface area contributed by atoms with Crippen molar-refractivity contribution in [1.29, 1.82) is 0 Å². The summed E-state index contributed by atoms with van der Waals surface area (Å²) in [5.41, 5.74) is 3.75. The van der Waals surface area contributed by atoms with Crippen molar-refractivity contribution in [3.05, 3.63) is 101 Å². The largest absolute Gasteiger partial charge is 0.467 e. The number of hydrogen-bond donors (Lipinski definition) is 1. The summed E-state index contributed by atoms with van der Waals surface area (Å²) in [5.74, 6) is 0.604. The minimum atomic E-state index is -0.484. The monoisotopic (exact) mass is 418 g/mol. The van der Waals surface area contributed by atoms with Crippen molar-refractivity contribution in [2.45, 2.75) is 19.6 Å². The van der Waals surface area contributed by atoms with Gasteiger partial charge in [-0.1, -0.05) is 41.9 Å². The van der Waals surface area contributed by atoms with Gasteiger partial charge in [0.1, 0.15) is 17.1 Å². The zero-order chi connectivity index (χ0) is 20.7. The van der Waals surface area contributed by atoms with Crippen molar-refractivity contribution in [1.82, 2.24) is 14.7 Å². The highest BCUT2D eigenvalue weighted by Gasteiger charge is 2.37. The Hall–Kier alpha value is -3.51. The van der Waals surface area contributed by atoms with Crippen LogP contribution in [-0.4, -0.2) is 20.6 Å². The third-order valence-corrected chi connectivity index (χ3v) is 5.61. The topological polar surface area (TPSA) is 63.3 Å². The van der Waals surface area contributed by atoms with Gasteiger partial charge in [0.25, 0.3) is 5.91 Å². The van der Waals surface area contributed by atoms with Gasteiger partial charge >= 0.3 is 0 Å². The first-order valence-corrected chi connectivity index (χ1v) is 10.0. The van der Waals surface area contributed by atoms with E-state index in [0.29, 0.717) is 23.0 Å². The number of halogens is 1. The predicted molar refractivity (Wildman–Crippen MR) is 115 cm³/mol. The lowest BCUT2D eigenvalue weighted by Crippen LogP contribution is -2.42. The maximum atomic E-state index is 13.4. The molecule has 150 valence electrons. The van der Waals surface area contributed by atoms with Gasteiger partial charge in [-0.25, -0.2) is 4.68 Å². The van der Waals surface area contributed by atoms with E-state index in [1.165, 1.54) is 0 Å². The van der Waals surface area contributed by atoms with E-state index in [1.54, 1.807) is 15.8 Å². The molecule has 4 aromatic rings. The van der Waals surface area contributed by atoms with Crippen LogP contribution in [0, 0.1) is 6.92 Å². The maximum Gasteiger partial charge on any atom is 0.258 e. The Morgan fingerprint density at radius 2 is 1.83 bits per heavy atom. The molecule has 3 heterocycles. The molecule has 0 bridgehead atoms. The molecule has 5 rings (SSSR count). The SMILES string of the molecule is Cc1nn(-c2ccccc2)c(Cl)c1C1Nc2ccccc2C(=O)N1Cc1ccco1. The molecule has 1 amide bonds. The van der Waals surface area contributed by atoms with E-state index in [-0.39, 0.29) is 5.91 Å². The third kappa shape index (κ3) is 3.06. The van der Waals surface area contributed by atoms with Crippen molar-refractivity contribution in [3.8, 4) is 5.69 Å². The second-order valence-electron chi connectivity index (χ2n) is 7.14. The molecule has 2 aromatic heterocycles. The smallest absolute Gasteiger partial charge is 0.258 e. The quantitative estimate of drug-likeness (QED) is 0.495. The summed E-state index contributed by atoms with van der Waals surface area (Å²) in [7, 11) is 0. The van der Waals surface area contributed by atoms with Crippen LogP contribution in [0.15, 0.2) is 77.4 Å². The van der Waals surface area contributed by atoms with E-state index in [4.69, 9.17) is 16.0 Å². The minimum absolute atomic E-state index is 0.0892. The van der Waals surface area contributed by atoms with Gasteiger partial charge in [-0.2, -0.15) is 5.10 Å². The van der Waals surface area contributed by atoms with E-state index in [0.717, 1.165) is 22.6 Å². The average molecular weight is 419 g/mol. The molecule has 0 aliphatic carbocycles. The predicted octanol–water partition coefficient (Wildman–Crippen LogP) is 5.19. The molecule has 1 N–H and O–H groups in total. The van der Waals surface area contributed by atoms with E-state index >= 15 is 0 Å². The number of para-hydroxylation sites is 2. The number of aryl methyl sites for hydroxylation is 1. The summed E-state index contributed by atoms with van der Waals surface area (Å²) in [4.78, 5) is 15.1. The summed E-state index contributed by atoms with van der Waals surface area (Å²) in [6.45, 7) is 2.21. The average Bonchev–Trinajstić information content (AvgIpc) is 3.38. The fraction of sp³-hybridized carbons (Fsp3) is 0.130. The van der Waals surface area contributed by atoms with Crippen molar-refractivity contribution >= 4 is 23.2 Å². The number of rotatable bonds is 4. The van der Waals surface area contributed by atoms with Crippen LogP contribution in [0.1, 0.15) is 33.5 Å². The second-order valence-corrected chi connectivity index (χ2v) is 7.50. The highest BCUT2D eigenvalue weighted by Crippen LogP contribution is 2.38. The molecule has 1 atom stereocenters. The lowest BCUT2D eigenvalue weighted by molar-refractivity contribution is 0.0651. The van der Waals surface area contributed by atoms with E-state index < -0.39 is 6.17 Å². The van der Waals surface area contributed by atoms with Gasteiger partial charge in [0.2, 0.25) is 0 Å². The third-order valence-electron chi connectivity index (χ3n) is 5.25. The molecule has 0 spiro atoms. The molecule has 2 aromatic carbocycles. The molecule has 1 unspecified atom stereocenters. The molecule has 0 fully saturated rings. The number of nitrogens with one attached hydrogen (secondary N) is 1. The number of amides is 1. The standard InChI is InChI=1S/C23H19ClN4O2/c1-15-20(21(24)28(26-15)16-8-3-2-4-9-16)22-25-19-12-6-5-11-18(19)23(29)27(22)14-17-10-7-13-30-17/h2-13,22,25H,14H2,1H3. The van der Waals surface area contributed by atoms with Gasteiger partial charge in [0.15, 0.2) is 0 Å². The number of nitrogens with zero attached hydrogens (tertiary/aromatic N) is 3. The Bertz CT molecular complexity index is 1200. The van der Waals surface area contributed by atoms with Gasteiger partial charge in [0, 0.05) is 5.69 Å². The number of furan rings is 1. The molecular formula is C23H19ClN4O2. The summed E-state index contributed by atoms with van der Waals surface area (Å²) in [6.07, 6.45) is 1.12. The van der Waals surface area contributed by atoms with Gasteiger partial charge in [-0.3, -0.25) is 4.79 Å². The zero-order valence-electron chi connectivity index (χ0n) is 16.2. The van der Waals surface area contributed by atoms with Gasteiger partial charge < -0.3 is 14.6 Å². The molecule has 6 nitrogen and oxygen atoms in total. The zero-order valence-corrected chi connectivity index (χ0v) is 17.0. The number of carbonyl (C=O) groups is 1. The number of benzene rings is 2. The molecule has 0 saturated heterocycles. The van der Waals surface area contributed by atoms with Crippen LogP contribution >= 0.6 is 11.6 Å². The van der Waals surface area contributed by atoms with Crippen LogP contribution in [0.2, 0.25) is 5.15 Å². The first-order valence-electron chi connectivity index (χ1n) is 9.63. The Balaban J connectivity index is 1.62. The Kier molecular flexibility index (Phi) is 4.56. The molecule has 0 saturated carbocycles. The normalized spacial score (nSPS) is 15.7. The summed E-state index contributed by atoms with van der Waals surface area (Å²) in [5, 5.41) is 8.60. The summed E-state index contributed by atoms with van der Waals surface area (Å²) < 4.78 is 7.21. The van der Waals surface area contributed by atoms with Crippen LogP contribution in [-0.2, 0) is 6.54 Å². The Morgan fingerprint density at radius 1 is 1.07 bits per heavy atom. The van der Waals surface area contributed by atoms with E-state index in [1.807, 2.05) is 73.7 Å². The number of carbonyl (C=O) groups excluding carboxylic acids is 1. The lowest BCUT2D eigenvalue weighted by atomic mass is 10.0. The molecule has 1 aliphatic rings. The van der Waals surface area contributed by atoms with Gasteiger partial charge in [-0.15, -0.1) is 0 Å². The fourth-order valence-corrected chi connectivity index (χ4v) is 4.19. The second kappa shape index (κ2) is 7.39.